The Morgan fingerprint density at radius 3 is 0.848 bits per heavy atom. The number of alkyl halides is 3. The van der Waals surface area contributed by atoms with Gasteiger partial charge in [-0.05, 0) is 265 Å². The SMILES string of the molecule is BrCCCCCBr.C.CC(C)(CCCCCC(O)CCCCCC(C)(C)C(=O)O)C(=O)O.CCOC(=O)C(C)(C)CCCCCC(=O)CCCCCC(C)(C)C(=O)OCC.CCOC(=O)C(C)(C)CCCCCC(O)CCCCCC(C)(C)C(=O)OCC.CCOC(=O)C(C)(C)CCCCCI.CCOC(=O)C(C)C.Cc1ccc(S(=O)(=O)CC#N)cc1.[B].[H-].[Na+]. The number of sulfone groups is 1. The van der Waals surface area contributed by atoms with E-state index in [0.717, 1.165) is 196 Å². The van der Waals surface area contributed by atoms with Crippen molar-refractivity contribution in [3.8, 4) is 6.07 Å². The van der Waals surface area contributed by atoms with E-state index < -0.39 is 60.0 Å². The molecule has 1 rings (SSSR count). The number of aliphatic carboxylic acids is 2. The van der Waals surface area contributed by atoms with Crippen molar-refractivity contribution in [2.75, 3.05) is 60.5 Å². The summed E-state index contributed by atoms with van der Waals surface area (Å²) in [6.07, 6.45) is 33.8. The monoisotopic (exact) mass is 2050 g/mol. The van der Waals surface area contributed by atoms with Gasteiger partial charge in [0, 0.05) is 31.9 Å². The summed E-state index contributed by atoms with van der Waals surface area (Å²) in [4.78, 5) is 104. The Kier molecular flexibility index (Phi) is 92.3. The van der Waals surface area contributed by atoms with E-state index in [4.69, 9.17) is 39.2 Å². The molecule has 1 aromatic rings. The van der Waals surface area contributed by atoms with E-state index in [1.165, 1.54) is 48.7 Å². The number of rotatable bonds is 61. The van der Waals surface area contributed by atoms with Gasteiger partial charge in [-0.2, -0.15) is 5.26 Å². The van der Waals surface area contributed by atoms with Gasteiger partial charge in [-0.1, -0.05) is 215 Å². The van der Waals surface area contributed by atoms with Crippen LogP contribution in [0.5, 0.6) is 0 Å². The fourth-order valence-electron chi connectivity index (χ4n) is 11.8. The van der Waals surface area contributed by atoms with Gasteiger partial charge >= 0.3 is 77.3 Å². The molecule has 0 atom stereocenters. The standard InChI is InChI=1S/C23H44O5.C23H42O5.C19H36O5.C11H21IO2.C9H9NO2S.C6H12O2.C5H10Br2.CH4.B.Na.H/c2*1-7-27-20(25)22(3,4)17-13-9-11-15-19(24)16-12-10-14-18-23(5,6)21(26)28-8-2;1-18(2,16(21)22)13-9-5-7-11-15(20)12-8-6-10-14-19(3,4)17(23)24;1-4-14-10(13)11(2,3)8-6-5-7-9-12;1-8-2-4-9(5-3-8)13(11,12)7-6-10;1-4-8-6(7)5(2)3;6-4-2-1-3-5-7;;;;/h19,24H,7-18H2,1-6H3;7-18H2,1-6H3;15,20H,5-14H2,1-4H3,(H,21,22)(H,23,24);4-9H2,1-3H3;2-5H,7H2,1H3;5H,4H2,1-3H3;1-5H2;1H4;;;/q;;;;;;;;;+1;-1. The maximum Gasteiger partial charge on any atom is 1.00 e. The average molecular weight is 2050 g/mol. The van der Waals surface area contributed by atoms with Crippen LogP contribution in [0.25, 0.3) is 0 Å². The second-order valence-corrected chi connectivity index (χ2v) is 41.0. The quantitative estimate of drug-likeness (QED) is 0.0117. The number of unbranched alkanes of at least 4 members (excludes halogenated alkanes) is 16. The van der Waals surface area contributed by atoms with Gasteiger partial charge < -0.3 is 50.3 Å². The van der Waals surface area contributed by atoms with Crippen LogP contribution >= 0.6 is 54.5 Å². The molecule has 0 spiro atoms. The zero-order valence-corrected chi connectivity index (χ0v) is 90.2. The van der Waals surface area contributed by atoms with Gasteiger partial charge in [-0.15, -0.1) is 0 Å². The molecule has 0 bridgehead atoms. The van der Waals surface area contributed by atoms with E-state index in [1.54, 1.807) is 52.8 Å². The summed E-state index contributed by atoms with van der Waals surface area (Å²) in [5, 5.41) is 48.8. The number of Topliss-reactive ketones (excluding diaryl/α,β-unsaturated/α-hetero) is 1. The Balaban J connectivity index is -0.000000162. The van der Waals surface area contributed by atoms with Crippen LogP contribution in [0.15, 0.2) is 29.2 Å². The molecule has 729 valence electrons. The van der Waals surface area contributed by atoms with Crippen LogP contribution in [0.3, 0.4) is 0 Å². The molecule has 0 aromatic heterocycles. The number of aliphatic hydroxyl groups excluding tert-OH is 2. The molecular weight excluding hydrogens is 1870 g/mol. The first-order valence-corrected chi connectivity index (χ1v) is 51.0. The Labute approximate surface area is 817 Å². The van der Waals surface area contributed by atoms with Crippen LogP contribution in [-0.2, 0) is 81.4 Å². The predicted octanol–water partition coefficient (Wildman–Crippen LogP) is 21.9. The summed E-state index contributed by atoms with van der Waals surface area (Å²) in [6, 6.07) is 8.09. The van der Waals surface area contributed by atoms with Gasteiger partial charge in [0.15, 0.2) is 9.84 Å². The number of nitrogens with zero attached hydrogens (tertiary/aromatic N) is 1. The molecule has 0 saturated carbocycles. The topological polar surface area (TPSA) is 348 Å². The summed E-state index contributed by atoms with van der Waals surface area (Å²) in [5.41, 5.74) is -2.38. The maximum absolute atomic E-state index is 12.0. The van der Waals surface area contributed by atoms with Crippen LogP contribution in [0.2, 0.25) is 0 Å². The van der Waals surface area contributed by atoms with Crippen molar-refractivity contribution in [2.24, 2.45) is 43.8 Å². The van der Waals surface area contributed by atoms with Crippen LogP contribution in [0.1, 0.15) is 404 Å². The molecule has 0 fully saturated rings. The number of hydrogen-bond acceptors (Lipinski definition) is 20. The predicted molar refractivity (Wildman–Crippen MR) is 523 cm³/mol. The first-order chi connectivity index (χ1) is 56.8. The zero-order valence-electron chi connectivity index (χ0n) is 83.1. The minimum atomic E-state index is -3.39. The molecule has 0 amide bonds. The van der Waals surface area contributed by atoms with E-state index in [2.05, 4.69) is 59.2 Å². The van der Waals surface area contributed by atoms with Crippen LogP contribution in [0.4, 0.5) is 0 Å². The number of carboxylic acids is 2. The Bertz CT molecular complexity index is 2960. The fourth-order valence-corrected chi connectivity index (χ4v) is 14.0. The largest absolute Gasteiger partial charge is 1.00 e. The number of benzene rings is 1. The number of ether oxygens (including phenoxy) is 6. The van der Waals surface area contributed by atoms with Crippen LogP contribution in [-0.4, -0.2) is 163 Å². The molecule has 3 radical (unpaired) electrons. The number of aryl methyl sites for hydroxylation is 1. The minimum Gasteiger partial charge on any atom is -1.00 e. The molecule has 0 unspecified atom stereocenters. The summed E-state index contributed by atoms with van der Waals surface area (Å²) in [7, 11) is -3.39. The molecular formula is C97H179BBr2INNaO21S. The number of esters is 6. The van der Waals surface area contributed by atoms with Gasteiger partial charge in [0.05, 0.1) is 107 Å². The molecule has 0 aliphatic carbocycles. The van der Waals surface area contributed by atoms with Crippen molar-refractivity contribution < 1.29 is 131 Å². The third-order valence-electron chi connectivity index (χ3n) is 20.8. The van der Waals surface area contributed by atoms with E-state index >= 15 is 0 Å². The van der Waals surface area contributed by atoms with Crippen molar-refractivity contribution in [1.29, 1.82) is 5.26 Å². The second-order valence-electron chi connectivity index (χ2n) is 36.3. The van der Waals surface area contributed by atoms with Gasteiger partial charge in [-0.3, -0.25) is 43.2 Å². The number of aliphatic hydroxyl groups is 2. The van der Waals surface area contributed by atoms with Crippen molar-refractivity contribution in [2.45, 2.75) is 421 Å². The summed E-state index contributed by atoms with van der Waals surface area (Å²) < 4.78 is 53.9. The number of carbonyl (C=O) groups is 9. The molecule has 0 aliphatic heterocycles. The zero-order chi connectivity index (χ0) is 95.1. The van der Waals surface area contributed by atoms with E-state index in [9.17, 15) is 61.8 Å². The normalized spacial score (nSPS) is 11.4. The van der Waals surface area contributed by atoms with Crippen LogP contribution < -0.4 is 29.6 Å². The molecule has 1 aromatic carbocycles. The number of carboxylic acid groups (broad SMARTS) is 2. The first-order valence-electron chi connectivity index (χ1n) is 45.5. The second kappa shape index (κ2) is 82.7. The Morgan fingerprint density at radius 1 is 0.408 bits per heavy atom. The number of nitriles is 1. The van der Waals surface area contributed by atoms with Gasteiger partial charge in [0.2, 0.25) is 0 Å². The fraction of sp³-hybridized carbons (Fsp3) is 0.835. The van der Waals surface area contributed by atoms with Gasteiger partial charge in [-0.25, -0.2) is 8.42 Å². The third-order valence-corrected chi connectivity index (χ3v) is 24.1. The van der Waals surface area contributed by atoms with Crippen molar-refractivity contribution >= 4 is 126 Å². The summed E-state index contributed by atoms with van der Waals surface area (Å²) in [5.74, 6) is -2.36. The third kappa shape index (κ3) is 80.2. The smallest absolute Gasteiger partial charge is 1.00 e. The molecule has 0 heterocycles. The summed E-state index contributed by atoms with van der Waals surface area (Å²) in [6.45, 7) is 45.4. The number of hydrogen-bond donors (Lipinski definition) is 4. The average Bonchev–Trinajstić information content (AvgIpc) is 0.843. The maximum atomic E-state index is 12.0. The Hall–Kier alpha value is -3.24. The van der Waals surface area contributed by atoms with Crippen LogP contribution in [0, 0.1) is 62.1 Å². The Morgan fingerprint density at radius 2 is 0.640 bits per heavy atom. The van der Waals surface area contributed by atoms with Gasteiger partial charge in [0.25, 0.3) is 0 Å². The van der Waals surface area contributed by atoms with Crippen molar-refractivity contribution in [3.05, 3.63) is 29.8 Å². The number of halogens is 3. The number of ketones is 1. The molecule has 22 nitrogen and oxygen atoms in total. The van der Waals surface area contributed by atoms with E-state index in [0.29, 0.717) is 71.1 Å². The molecule has 0 saturated heterocycles. The summed E-state index contributed by atoms with van der Waals surface area (Å²) >= 11 is 9.11. The molecule has 0 aliphatic rings. The molecule has 4 N–H and O–H groups in total. The minimum absolute atomic E-state index is 0. The van der Waals surface area contributed by atoms with Gasteiger partial charge in [0.1, 0.15) is 11.5 Å². The van der Waals surface area contributed by atoms with Crippen molar-refractivity contribution in [3.63, 3.8) is 0 Å². The van der Waals surface area contributed by atoms with E-state index in [1.807, 2.05) is 125 Å². The molecule has 125 heavy (non-hydrogen) atoms. The number of carbonyl (C=O) groups excluding carboxylic acids is 7. The van der Waals surface area contributed by atoms with E-state index in [-0.39, 0.29) is 111 Å². The van der Waals surface area contributed by atoms with Crippen molar-refractivity contribution in [1.82, 2.24) is 0 Å². The molecule has 28 heteroatoms. The first kappa shape index (κ1) is 140.